The molecule has 1 aromatic heterocycles. The van der Waals surface area contributed by atoms with Gasteiger partial charge in [0.15, 0.2) is 0 Å². The van der Waals surface area contributed by atoms with Crippen LogP contribution < -0.4 is 5.32 Å². The average molecular weight is 271 g/mol. The van der Waals surface area contributed by atoms with Gasteiger partial charge in [-0.25, -0.2) is 0 Å². The molecule has 1 saturated heterocycles. The summed E-state index contributed by atoms with van der Waals surface area (Å²) in [6.07, 6.45) is 3.70. The molecule has 1 atom stereocenters. The van der Waals surface area contributed by atoms with Crippen molar-refractivity contribution in [2.75, 3.05) is 13.1 Å². The number of amides is 1. The second-order valence-electron chi connectivity index (χ2n) is 5.58. The molecule has 0 aliphatic carbocycles. The van der Waals surface area contributed by atoms with Crippen molar-refractivity contribution >= 4 is 16.8 Å². The van der Waals surface area contributed by atoms with Crippen molar-refractivity contribution < 1.29 is 4.79 Å². The van der Waals surface area contributed by atoms with Crippen LogP contribution in [0.1, 0.15) is 25.3 Å². The fraction of sp³-hybridized carbons (Fsp3) is 0.438. The zero-order chi connectivity index (χ0) is 13.9. The highest BCUT2D eigenvalue weighted by Gasteiger charge is 2.21. The largest absolute Gasteiger partial charge is 0.361 e. The lowest BCUT2D eigenvalue weighted by atomic mass is 10.1. The first-order valence-corrected chi connectivity index (χ1v) is 7.30. The Hall–Kier alpha value is -1.81. The van der Waals surface area contributed by atoms with Gasteiger partial charge in [-0.15, -0.1) is 0 Å². The van der Waals surface area contributed by atoms with Gasteiger partial charge in [-0.2, -0.15) is 0 Å². The minimum Gasteiger partial charge on any atom is -0.361 e. The smallest absolute Gasteiger partial charge is 0.222 e. The first-order valence-electron chi connectivity index (χ1n) is 7.30. The highest BCUT2D eigenvalue weighted by molar-refractivity contribution is 5.82. The molecule has 1 amide bonds. The third-order valence-corrected chi connectivity index (χ3v) is 3.99. The molecule has 1 unspecified atom stereocenters. The molecule has 2 aromatic rings. The summed E-state index contributed by atoms with van der Waals surface area (Å²) in [7, 11) is 0. The van der Waals surface area contributed by atoms with E-state index in [1.807, 2.05) is 11.1 Å². The van der Waals surface area contributed by atoms with E-state index in [2.05, 4.69) is 41.5 Å². The van der Waals surface area contributed by atoms with E-state index in [0.717, 1.165) is 32.5 Å². The summed E-state index contributed by atoms with van der Waals surface area (Å²) >= 11 is 0. The van der Waals surface area contributed by atoms with Gasteiger partial charge in [0.2, 0.25) is 5.91 Å². The van der Waals surface area contributed by atoms with Gasteiger partial charge in [0.05, 0.1) is 0 Å². The molecule has 20 heavy (non-hydrogen) atoms. The highest BCUT2D eigenvalue weighted by atomic mass is 16.2. The lowest BCUT2D eigenvalue weighted by Gasteiger charge is -2.22. The maximum atomic E-state index is 11.6. The molecular formula is C16H21N3O. The molecule has 1 fully saturated rings. The number of hydrogen-bond donors (Lipinski definition) is 2. The number of nitrogens with zero attached hydrogens (tertiary/aromatic N) is 1. The quantitative estimate of drug-likeness (QED) is 0.876. The molecule has 106 valence electrons. The molecule has 1 aliphatic rings. The molecular weight excluding hydrogens is 250 g/mol. The first-order chi connectivity index (χ1) is 9.74. The van der Waals surface area contributed by atoms with E-state index in [1.165, 1.54) is 16.5 Å². The van der Waals surface area contributed by atoms with Crippen LogP contribution >= 0.6 is 0 Å². The van der Waals surface area contributed by atoms with Crippen LogP contribution in [0.4, 0.5) is 0 Å². The average Bonchev–Trinajstić information content (AvgIpc) is 3.06. The molecule has 0 saturated carbocycles. The summed E-state index contributed by atoms with van der Waals surface area (Å²) in [5.74, 6) is 0.298. The van der Waals surface area contributed by atoms with Crippen molar-refractivity contribution in [1.29, 1.82) is 0 Å². The van der Waals surface area contributed by atoms with Gasteiger partial charge < -0.3 is 15.2 Å². The minimum absolute atomic E-state index is 0.298. The van der Waals surface area contributed by atoms with E-state index in [4.69, 9.17) is 0 Å². The van der Waals surface area contributed by atoms with Gasteiger partial charge in [-0.3, -0.25) is 4.79 Å². The summed E-state index contributed by atoms with van der Waals surface area (Å²) < 4.78 is 0. The van der Waals surface area contributed by atoms with Crippen LogP contribution in [-0.2, 0) is 11.3 Å². The summed E-state index contributed by atoms with van der Waals surface area (Å²) in [6.45, 7) is 4.70. The number of hydrogen-bond acceptors (Lipinski definition) is 2. The van der Waals surface area contributed by atoms with Crippen LogP contribution in [0.25, 0.3) is 10.9 Å². The number of fused-ring (bicyclic) bond motifs is 1. The van der Waals surface area contributed by atoms with Crippen LogP contribution in [0.15, 0.2) is 30.5 Å². The molecule has 0 bridgehead atoms. The summed E-state index contributed by atoms with van der Waals surface area (Å²) in [5, 5.41) is 4.79. The molecule has 0 radical (unpaired) electrons. The maximum absolute atomic E-state index is 11.6. The minimum atomic E-state index is 0.298. The first kappa shape index (κ1) is 13.2. The second kappa shape index (κ2) is 5.67. The fourth-order valence-electron chi connectivity index (χ4n) is 2.88. The Morgan fingerprint density at radius 1 is 1.40 bits per heavy atom. The molecule has 4 nitrogen and oxygen atoms in total. The van der Waals surface area contributed by atoms with Gasteiger partial charge in [0.1, 0.15) is 0 Å². The van der Waals surface area contributed by atoms with Gasteiger partial charge in [-0.05, 0) is 31.0 Å². The van der Waals surface area contributed by atoms with E-state index in [9.17, 15) is 4.79 Å². The number of carbonyl (C=O) groups is 1. The number of rotatable bonds is 5. The number of aromatic nitrogens is 1. The van der Waals surface area contributed by atoms with E-state index in [0.29, 0.717) is 11.9 Å². The van der Waals surface area contributed by atoms with Crippen molar-refractivity contribution in [3.05, 3.63) is 36.0 Å². The van der Waals surface area contributed by atoms with E-state index < -0.39 is 0 Å². The third kappa shape index (κ3) is 2.70. The van der Waals surface area contributed by atoms with Gasteiger partial charge in [0.25, 0.3) is 0 Å². The van der Waals surface area contributed by atoms with Gasteiger partial charge >= 0.3 is 0 Å². The van der Waals surface area contributed by atoms with Crippen LogP contribution in [0.2, 0.25) is 0 Å². The Balaban J connectivity index is 1.58. The van der Waals surface area contributed by atoms with Crippen molar-refractivity contribution in [3.63, 3.8) is 0 Å². The van der Waals surface area contributed by atoms with Crippen LogP contribution in [0, 0.1) is 0 Å². The van der Waals surface area contributed by atoms with E-state index >= 15 is 0 Å². The molecule has 1 aliphatic heterocycles. The SMILES string of the molecule is CC(CN1CCCC1=O)NCc1cccc2[nH]ccc12. The predicted molar refractivity (Wildman–Crippen MR) is 80.4 cm³/mol. The topological polar surface area (TPSA) is 48.1 Å². The summed E-state index contributed by atoms with van der Waals surface area (Å²) in [6, 6.07) is 8.74. The zero-order valence-electron chi connectivity index (χ0n) is 11.9. The Morgan fingerprint density at radius 3 is 3.10 bits per heavy atom. The number of likely N-dealkylation sites (tertiary alicyclic amines) is 1. The Morgan fingerprint density at radius 2 is 2.30 bits per heavy atom. The molecule has 1 aromatic carbocycles. The normalized spacial score (nSPS) is 17.1. The molecule has 2 N–H and O–H groups in total. The predicted octanol–water partition coefficient (Wildman–Crippen LogP) is 2.27. The van der Waals surface area contributed by atoms with Gasteiger partial charge in [0, 0.05) is 49.2 Å². The van der Waals surface area contributed by atoms with Crippen molar-refractivity contribution in [3.8, 4) is 0 Å². The Kier molecular flexibility index (Phi) is 3.74. The van der Waals surface area contributed by atoms with Crippen LogP contribution in [0.3, 0.4) is 0 Å². The van der Waals surface area contributed by atoms with Crippen molar-refractivity contribution in [2.45, 2.75) is 32.4 Å². The summed E-state index contributed by atoms with van der Waals surface area (Å²) in [4.78, 5) is 16.8. The van der Waals surface area contributed by atoms with Gasteiger partial charge in [-0.1, -0.05) is 12.1 Å². The molecule has 4 heteroatoms. The zero-order valence-corrected chi connectivity index (χ0v) is 11.9. The third-order valence-electron chi connectivity index (χ3n) is 3.99. The lowest BCUT2D eigenvalue weighted by Crippen LogP contribution is -2.39. The summed E-state index contributed by atoms with van der Waals surface area (Å²) in [5.41, 5.74) is 2.47. The number of nitrogens with one attached hydrogen (secondary N) is 2. The van der Waals surface area contributed by atoms with E-state index in [-0.39, 0.29) is 0 Å². The number of benzene rings is 1. The van der Waals surface area contributed by atoms with Crippen molar-refractivity contribution in [1.82, 2.24) is 15.2 Å². The molecule has 2 heterocycles. The number of H-pyrrole nitrogens is 1. The highest BCUT2D eigenvalue weighted by Crippen LogP contribution is 2.17. The van der Waals surface area contributed by atoms with Crippen LogP contribution in [0.5, 0.6) is 0 Å². The van der Waals surface area contributed by atoms with E-state index in [1.54, 1.807) is 0 Å². The van der Waals surface area contributed by atoms with Crippen LogP contribution in [-0.4, -0.2) is 34.9 Å². The fourth-order valence-corrected chi connectivity index (χ4v) is 2.88. The lowest BCUT2D eigenvalue weighted by molar-refractivity contribution is -0.127. The number of carbonyl (C=O) groups excluding carboxylic acids is 1. The Bertz CT molecular complexity index is 605. The monoisotopic (exact) mass is 271 g/mol. The standard InChI is InChI=1S/C16H21N3O/c1-12(11-19-9-3-6-16(19)20)18-10-13-4-2-5-15-14(13)7-8-17-15/h2,4-5,7-8,12,17-18H,3,6,9-11H2,1H3. The second-order valence-corrected chi connectivity index (χ2v) is 5.58. The number of aromatic amines is 1. The molecule has 3 rings (SSSR count). The maximum Gasteiger partial charge on any atom is 0.222 e. The molecule has 0 spiro atoms. The van der Waals surface area contributed by atoms with Crippen molar-refractivity contribution in [2.24, 2.45) is 0 Å². The Labute approximate surface area is 119 Å².